The lowest BCUT2D eigenvalue weighted by atomic mass is 10.1. The molecule has 0 N–H and O–H groups in total. The zero-order valence-corrected chi connectivity index (χ0v) is 13.0. The number of methoxy groups -OCH3 is 1. The molecule has 20 heavy (non-hydrogen) atoms. The van der Waals surface area contributed by atoms with Crippen molar-refractivity contribution >= 4 is 28.1 Å². The molecule has 2 aromatic rings. The molecular formula is C15H18N2O2S. The molecular weight excluding hydrogens is 272 g/mol. The molecule has 4 nitrogen and oxygen atoms in total. The first kappa shape index (κ1) is 14.5. The van der Waals surface area contributed by atoms with Crippen molar-refractivity contribution in [1.82, 2.24) is 4.98 Å². The Morgan fingerprint density at radius 2 is 2.00 bits per heavy atom. The van der Waals surface area contributed by atoms with Crippen LogP contribution in [0.4, 0.5) is 10.8 Å². The molecule has 2 rings (SSSR count). The van der Waals surface area contributed by atoms with E-state index in [9.17, 15) is 4.79 Å². The van der Waals surface area contributed by atoms with Gasteiger partial charge >= 0.3 is 5.97 Å². The van der Waals surface area contributed by atoms with Gasteiger partial charge in [-0.1, -0.05) is 30.4 Å². The number of carbonyl (C=O) groups excluding carboxylic acids is 1. The number of hydrogen-bond acceptors (Lipinski definition) is 5. The highest BCUT2D eigenvalue weighted by molar-refractivity contribution is 7.17. The lowest BCUT2D eigenvalue weighted by molar-refractivity contribution is 0.0605. The maximum absolute atomic E-state index is 11.6. The molecule has 0 fully saturated rings. The molecule has 106 valence electrons. The number of rotatable bonds is 4. The van der Waals surface area contributed by atoms with E-state index in [1.165, 1.54) is 24.0 Å². The summed E-state index contributed by atoms with van der Waals surface area (Å²) in [5, 5.41) is 0.784. The minimum Gasteiger partial charge on any atom is -0.465 e. The first-order chi connectivity index (χ1) is 9.56. The Kier molecular flexibility index (Phi) is 4.39. The van der Waals surface area contributed by atoms with Gasteiger partial charge in [-0.15, -0.1) is 0 Å². The van der Waals surface area contributed by atoms with Gasteiger partial charge in [0, 0.05) is 12.7 Å². The van der Waals surface area contributed by atoms with E-state index in [4.69, 9.17) is 4.74 Å². The summed E-state index contributed by atoms with van der Waals surface area (Å²) in [7, 11) is 3.33. The molecule has 1 heterocycles. The zero-order valence-electron chi connectivity index (χ0n) is 12.1. The highest BCUT2D eigenvalue weighted by Crippen LogP contribution is 2.30. The Labute approximate surface area is 123 Å². The number of aryl methyl sites for hydroxylation is 2. The summed E-state index contributed by atoms with van der Waals surface area (Å²) in [5.41, 5.74) is 3.05. The number of hydrogen-bond donors (Lipinski definition) is 0. The van der Waals surface area contributed by atoms with E-state index < -0.39 is 0 Å². The second-order valence-electron chi connectivity index (χ2n) is 4.48. The monoisotopic (exact) mass is 290 g/mol. The van der Waals surface area contributed by atoms with Gasteiger partial charge in [0.05, 0.1) is 12.8 Å². The molecule has 0 unspecified atom stereocenters. The number of nitrogens with zero attached hydrogens (tertiary/aromatic N) is 2. The van der Waals surface area contributed by atoms with Crippen LogP contribution < -0.4 is 4.90 Å². The van der Waals surface area contributed by atoms with Crippen LogP contribution in [0.15, 0.2) is 24.3 Å². The summed E-state index contributed by atoms with van der Waals surface area (Å²) < 4.78 is 4.76. The average Bonchev–Trinajstić information content (AvgIpc) is 2.87. The molecule has 0 saturated carbocycles. The predicted molar refractivity (Wildman–Crippen MR) is 82.1 cm³/mol. The fourth-order valence-electron chi connectivity index (χ4n) is 1.87. The molecule has 0 saturated heterocycles. The van der Waals surface area contributed by atoms with Crippen LogP contribution in [0, 0.1) is 6.92 Å². The van der Waals surface area contributed by atoms with E-state index in [0.29, 0.717) is 10.6 Å². The fourth-order valence-corrected chi connectivity index (χ4v) is 2.84. The van der Waals surface area contributed by atoms with Gasteiger partial charge in [-0.2, -0.15) is 0 Å². The van der Waals surface area contributed by atoms with Crippen LogP contribution in [0.2, 0.25) is 0 Å². The number of ether oxygens (including phenoxy) is 1. The van der Waals surface area contributed by atoms with Crippen LogP contribution >= 0.6 is 11.3 Å². The summed E-state index contributed by atoms with van der Waals surface area (Å²) in [6.07, 6.45) is 1.02. The van der Waals surface area contributed by atoms with E-state index in [1.54, 1.807) is 0 Å². The van der Waals surface area contributed by atoms with Crippen molar-refractivity contribution in [3.63, 3.8) is 0 Å². The van der Waals surface area contributed by atoms with E-state index in [2.05, 4.69) is 36.2 Å². The molecule has 0 radical (unpaired) electrons. The van der Waals surface area contributed by atoms with Gasteiger partial charge in [-0.3, -0.25) is 0 Å². The topological polar surface area (TPSA) is 42.4 Å². The SMILES string of the molecule is CCc1ccc(N(C)c2nc(C)c(C(=O)OC)s2)cc1. The Morgan fingerprint density at radius 1 is 1.35 bits per heavy atom. The minimum atomic E-state index is -0.332. The third-order valence-electron chi connectivity index (χ3n) is 3.17. The van der Waals surface area contributed by atoms with Gasteiger partial charge < -0.3 is 9.64 Å². The van der Waals surface area contributed by atoms with Crippen molar-refractivity contribution in [2.75, 3.05) is 19.1 Å². The lowest BCUT2D eigenvalue weighted by Crippen LogP contribution is -2.08. The van der Waals surface area contributed by atoms with Gasteiger partial charge in [-0.25, -0.2) is 9.78 Å². The lowest BCUT2D eigenvalue weighted by Gasteiger charge is -2.16. The van der Waals surface area contributed by atoms with Crippen molar-refractivity contribution in [3.05, 3.63) is 40.4 Å². The molecule has 0 spiro atoms. The van der Waals surface area contributed by atoms with Gasteiger partial charge in [0.2, 0.25) is 0 Å². The van der Waals surface area contributed by atoms with E-state index in [-0.39, 0.29) is 5.97 Å². The Morgan fingerprint density at radius 3 is 2.55 bits per heavy atom. The normalized spacial score (nSPS) is 10.4. The van der Waals surface area contributed by atoms with Gasteiger partial charge in [-0.05, 0) is 31.0 Å². The molecule has 5 heteroatoms. The van der Waals surface area contributed by atoms with Crippen molar-refractivity contribution in [3.8, 4) is 0 Å². The first-order valence-corrected chi connectivity index (χ1v) is 7.26. The van der Waals surface area contributed by atoms with Crippen molar-refractivity contribution in [2.45, 2.75) is 20.3 Å². The number of thiazole rings is 1. The summed E-state index contributed by atoms with van der Waals surface area (Å²) in [4.78, 5) is 18.6. The Balaban J connectivity index is 2.28. The summed E-state index contributed by atoms with van der Waals surface area (Å²) >= 11 is 1.35. The largest absolute Gasteiger partial charge is 0.465 e. The Hall–Kier alpha value is -1.88. The van der Waals surface area contributed by atoms with Crippen LogP contribution in [0.5, 0.6) is 0 Å². The minimum absolute atomic E-state index is 0.332. The van der Waals surface area contributed by atoms with E-state index in [0.717, 1.165) is 17.2 Å². The summed E-state index contributed by atoms with van der Waals surface area (Å²) in [6, 6.07) is 8.34. The summed E-state index contributed by atoms with van der Waals surface area (Å²) in [5.74, 6) is -0.332. The predicted octanol–water partition coefficient (Wildman–Crippen LogP) is 3.57. The molecule has 0 atom stereocenters. The third-order valence-corrected chi connectivity index (χ3v) is 4.39. The molecule has 0 amide bonds. The van der Waals surface area contributed by atoms with Crippen LogP contribution in [-0.4, -0.2) is 25.1 Å². The van der Waals surface area contributed by atoms with Crippen molar-refractivity contribution < 1.29 is 9.53 Å². The number of esters is 1. The molecule has 0 bridgehead atoms. The van der Waals surface area contributed by atoms with Crippen molar-refractivity contribution in [1.29, 1.82) is 0 Å². The molecule has 0 aliphatic heterocycles. The van der Waals surface area contributed by atoms with Crippen molar-refractivity contribution in [2.24, 2.45) is 0 Å². The fraction of sp³-hybridized carbons (Fsp3) is 0.333. The average molecular weight is 290 g/mol. The number of aromatic nitrogens is 1. The highest BCUT2D eigenvalue weighted by atomic mass is 32.1. The smallest absolute Gasteiger partial charge is 0.350 e. The summed E-state index contributed by atoms with van der Waals surface area (Å²) in [6.45, 7) is 3.95. The maximum atomic E-state index is 11.6. The third kappa shape index (κ3) is 2.82. The van der Waals surface area contributed by atoms with Crippen LogP contribution in [0.25, 0.3) is 0 Å². The van der Waals surface area contributed by atoms with Crippen LogP contribution in [-0.2, 0) is 11.2 Å². The molecule has 1 aromatic carbocycles. The molecule has 0 aliphatic carbocycles. The number of anilines is 2. The molecule has 1 aromatic heterocycles. The zero-order chi connectivity index (χ0) is 14.7. The highest BCUT2D eigenvalue weighted by Gasteiger charge is 2.18. The van der Waals surface area contributed by atoms with Gasteiger partial charge in [0.25, 0.3) is 0 Å². The van der Waals surface area contributed by atoms with Crippen LogP contribution in [0.1, 0.15) is 27.9 Å². The number of carbonyl (C=O) groups is 1. The first-order valence-electron chi connectivity index (χ1n) is 6.45. The second-order valence-corrected chi connectivity index (χ2v) is 5.46. The van der Waals surface area contributed by atoms with Crippen LogP contribution in [0.3, 0.4) is 0 Å². The maximum Gasteiger partial charge on any atom is 0.350 e. The quantitative estimate of drug-likeness (QED) is 0.807. The number of benzene rings is 1. The van der Waals surface area contributed by atoms with Gasteiger partial charge in [0.1, 0.15) is 4.88 Å². The van der Waals surface area contributed by atoms with E-state index >= 15 is 0 Å². The second kappa shape index (κ2) is 6.05. The Bertz CT molecular complexity index is 605. The standard InChI is InChI=1S/C15H18N2O2S/c1-5-11-6-8-12(9-7-11)17(3)15-16-10(2)13(20-15)14(18)19-4/h6-9H,5H2,1-4H3. The molecule has 0 aliphatic rings. The van der Waals surface area contributed by atoms with Gasteiger partial charge in [0.15, 0.2) is 5.13 Å². The van der Waals surface area contributed by atoms with E-state index in [1.807, 2.05) is 18.9 Å².